The molecule has 0 atom stereocenters. The van der Waals surface area contributed by atoms with Crippen molar-refractivity contribution in [3.05, 3.63) is 22.9 Å². The smallest absolute Gasteiger partial charge is 0.356 e. The molecule has 0 saturated carbocycles. The van der Waals surface area contributed by atoms with Gasteiger partial charge in [0, 0.05) is 0 Å². The van der Waals surface area contributed by atoms with Crippen LogP contribution in [0.2, 0.25) is 0 Å². The molecule has 0 aromatic heterocycles. The maximum Gasteiger partial charge on any atom is 0.356 e. The third kappa shape index (κ3) is 3.20. The van der Waals surface area contributed by atoms with Gasteiger partial charge in [-0.15, -0.1) is 0 Å². The normalized spacial score (nSPS) is 11.5. The molecule has 0 radical (unpaired) electrons. The Balaban J connectivity index is 4.45. The van der Waals surface area contributed by atoms with Crippen LogP contribution < -0.4 is 0 Å². The Kier molecular flexibility index (Phi) is 4.57. The lowest BCUT2D eigenvalue weighted by Gasteiger charge is -1.95. The predicted octanol–water partition coefficient (Wildman–Crippen LogP) is 1.56. The van der Waals surface area contributed by atoms with Crippen LogP contribution in [-0.2, 0) is 14.3 Å². The van der Waals surface area contributed by atoms with E-state index in [0.29, 0.717) is 0 Å². The maximum absolute atomic E-state index is 10.6. The van der Waals surface area contributed by atoms with Gasteiger partial charge in [0.05, 0.1) is 6.26 Å². The van der Waals surface area contributed by atoms with Gasteiger partial charge in [0.2, 0.25) is 0 Å². The van der Waals surface area contributed by atoms with E-state index in [2.05, 4.69) is 11.3 Å². The van der Waals surface area contributed by atoms with Gasteiger partial charge in [-0.25, -0.2) is 4.79 Å². The molecule has 0 aliphatic rings. The summed E-state index contributed by atoms with van der Waals surface area (Å²) in [4.78, 5) is 20.6. The second-order valence-electron chi connectivity index (χ2n) is 1.35. The average molecular weight is 195 g/mol. The molecule has 0 heterocycles. The summed E-state index contributed by atoms with van der Waals surface area (Å²) in [6.07, 6.45) is 1.13. The highest BCUT2D eigenvalue weighted by Gasteiger charge is 2.11. The molecule has 5 heteroatoms. The highest BCUT2D eigenvalue weighted by molar-refractivity contribution is 6.51. The first-order valence-electron chi connectivity index (χ1n) is 2.45. The van der Waals surface area contributed by atoms with Crippen LogP contribution in [0.25, 0.3) is 0 Å². The van der Waals surface area contributed by atoms with Gasteiger partial charge in [-0.05, 0) is 0 Å². The molecule has 0 fully saturated rings. The van der Waals surface area contributed by atoms with Gasteiger partial charge in [-0.2, -0.15) is 0 Å². The van der Waals surface area contributed by atoms with E-state index in [1.165, 1.54) is 0 Å². The molecular weight excluding hydrogens is 191 g/mol. The highest BCUT2D eigenvalue weighted by atomic mass is 35.5. The third-order valence-corrected chi connectivity index (χ3v) is 1.42. The van der Waals surface area contributed by atoms with Gasteiger partial charge in [0.1, 0.15) is 10.1 Å². The molecule has 60 valence electrons. The van der Waals surface area contributed by atoms with Gasteiger partial charge < -0.3 is 4.74 Å². The number of esters is 1. The van der Waals surface area contributed by atoms with Crippen LogP contribution in [-0.4, -0.2) is 12.3 Å². The molecule has 0 aliphatic heterocycles. The van der Waals surface area contributed by atoms with Crippen molar-refractivity contribution in [1.82, 2.24) is 0 Å². The SMILES string of the molecule is C=COC(=O)/C(Cl)=C(/Cl)C=O. The summed E-state index contributed by atoms with van der Waals surface area (Å²) in [5.74, 6) is -0.904. The number of ether oxygens (including phenoxy) is 1. The van der Waals surface area contributed by atoms with Crippen molar-refractivity contribution >= 4 is 35.5 Å². The minimum Gasteiger partial charge on any atom is -0.431 e. The summed E-state index contributed by atoms with van der Waals surface area (Å²) in [7, 11) is 0. The average Bonchev–Trinajstić information content (AvgIpc) is 2.02. The fourth-order valence-corrected chi connectivity index (χ4v) is 0.443. The van der Waals surface area contributed by atoms with Crippen LogP contribution in [0.5, 0.6) is 0 Å². The molecule has 0 bridgehead atoms. The van der Waals surface area contributed by atoms with E-state index >= 15 is 0 Å². The number of hydrogen-bond acceptors (Lipinski definition) is 3. The van der Waals surface area contributed by atoms with Crippen LogP contribution in [0, 0.1) is 0 Å². The van der Waals surface area contributed by atoms with Crippen molar-refractivity contribution in [3.63, 3.8) is 0 Å². The summed E-state index contributed by atoms with van der Waals surface area (Å²) >= 11 is 10.4. The Bertz CT molecular complexity index is 220. The number of carbonyl (C=O) groups is 2. The van der Waals surface area contributed by atoms with Crippen LogP contribution in [0.4, 0.5) is 0 Å². The molecule has 0 saturated heterocycles. The molecule has 3 nitrogen and oxygen atoms in total. The molecule has 0 aliphatic carbocycles. The van der Waals surface area contributed by atoms with Crippen molar-refractivity contribution in [1.29, 1.82) is 0 Å². The van der Waals surface area contributed by atoms with E-state index < -0.39 is 16.0 Å². The van der Waals surface area contributed by atoms with Crippen molar-refractivity contribution in [3.8, 4) is 0 Å². The quantitative estimate of drug-likeness (QED) is 0.297. The van der Waals surface area contributed by atoms with E-state index in [1.807, 2.05) is 0 Å². The zero-order chi connectivity index (χ0) is 8.85. The van der Waals surface area contributed by atoms with Crippen molar-refractivity contribution in [2.45, 2.75) is 0 Å². The second-order valence-corrected chi connectivity index (χ2v) is 2.14. The lowest BCUT2D eigenvalue weighted by molar-refractivity contribution is -0.133. The molecule has 0 spiro atoms. The number of rotatable bonds is 3. The zero-order valence-corrected chi connectivity index (χ0v) is 6.85. The van der Waals surface area contributed by atoms with E-state index in [9.17, 15) is 9.59 Å². The van der Waals surface area contributed by atoms with Crippen LogP contribution in [0.3, 0.4) is 0 Å². The molecule has 11 heavy (non-hydrogen) atoms. The predicted molar refractivity (Wildman–Crippen MR) is 41.1 cm³/mol. The Morgan fingerprint density at radius 2 is 2.00 bits per heavy atom. The number of carbonyl (C=O) groups excluding carboxylic acids is 2. The topological polar surface area (TPSA) is 43.4 Å². The minimum absolute atomic E-state index is 0.244. The van der Waals surface area contributed by atoms with E-state index in [-0.39, 0.29) is 6.29 Å². The molecule has 0 aromatic rings. The van der Waals surface area contributed by atoms with Crippen molar-refractivity contribution < 1.29 is 14.3 Å². The van der Waals surface area contributed by atoms with E-state index in [1.54, 1.807) is 0 Å². The lowest BCUT2D eigenvalue weighted by atomic mass is 10.5. The number of hydrogen-bond donors (Lipinski definition) is 0. The standard InChI is InChI=1S/C6H4Cl2O3/c1-2-11-6(10)5(8)4(7)3-9/h2-3H,1H2/b5-4-. The van der Waals surface area contributed by atoms with Gasteiger partial charge in [0.25, 0.3) is 0 Å². The van der Waals surface area contributed by atoms with Gasteiger partial charge >= 0.3 is 5.97 Å². The molecule has 0 rings (SSSR count). The monoisotopic (exact) mass is 194 g/mol. The molecule has 0 aromatic carbocycles. The van der Waals surface area contributed by atoms with Gasteiger partial charge in [-0.1, -0.05) is 29.8 Å². The fraction of sp³-hybridized carbons (Fsp3) is 0. The third-order valence-electron chi connectivity index (χ3n) is 0.683. The number of aldehydes is 1. The summed E-state index contributed by atoms with van der Waals surface area (Å²) in [5.41, 5.74) is 0. The van der Waals surface area contributed by atoms with Crippen LogP contribution in [0.1, 0.15) is 0 Å². The van der Waals surface area contributed by atoms with Crippen molar-refractivity contribution in [2.24, 2.45) is 0 Å². The maximum atomic E-state index is 10.6. The summed E-state index contributed by atoms with van der Waals surface area (Å²) in [5, 5.41) is -0.847. The number of halogens is 2. The largest absolute Gasteiger partial charge is 0.431 e. The fourth-order valence-electron chi connectivity index (χ4n) is 0.277. The molecule has 0 amide bonds. The lowest BCUT2D eigenvalue weighted by Crippen LogP contribution is -2.00. The van der Waals surface area contributed by atoms with Gasteiger partial charge in [0.15, 0.2) is 6.29 Å². The zero-order valence-electron chi connectivity index (χ0n) is 5.34. The summed E-state index contributed by atoms with van der Waals surface area (Å²) < 4.78 is 4.22. The molecular formula is C6H4Cl2O3. The van der Waals surface area contributed by atoms with Crippen molar-refractivity contribution in [2.75, 3.05) is 0 Å². The van der Waals surface area contributed by atoms with E-state index in [0.717, 1.165) is 6.26 Å². The summed E-state index contributed by atoms with van der Waals surface area (Å²) in [6, 6.07) is 0. The minimum atomic E-state index is -0.904. The Morgan fingerprint density at radius 3 is 2.36 bits per heavy atom. The summed E-state index contributed by atoms with van der Waals surface area (Å²) in [6.45, 7) is 3.11. The Morgan fingerprint density at radius 1 is 1.45 bits per heavy atom. The Hall–Kier alpha value is -0.800. The Labute approximate surface area is 73.2 Å². The first kappa shape index (κ1) is 10.2. The van der Waals surface area contributed by atoms with E-state index in [4.69, 9.17) is 23.2 Å². The van der Waals surface area contributed by atoms with Gasteiger partial charge in [-0.3, -0.25) is 4.79 Å². The first-order valence-corrected chi connectivity index (χ1v) is 3.21. The first-order chi connectivity index (χ1) is 5.13. The molecule has 0 N–H and O–H groups in total. The highest BCUT2D eigenvalue weighted by Crippen LogP contribution is 2.12. The molecule has 0 unspecified atom stereocenters. The van der Waals surface area contributed by atoms with Crippen LogP contribution >= 0.6 is 23.2 Å². The number of allylic oxidation sites excluding steroid dienone is 1. The van der Waals surface area contributed by atoms with Crippen LogP contribution in [0.15, 0.2) is 22.9 Å². The second kappa shape index (κ2) is 4.93.